The molecule has 0 amide bonds. The molecule has 1 heterocycles. The van der Waals surface area contributed by atoms with Crippen molar-refractivity contribution in [2.24, 2.45) is 0 Å². The van der Waals surface area contributed by atoms with Crippen LogP contribution in [0.2, 0.25) is 10.0 Å². The molecule has 0 spiro atoms. The average molecular weight is 282 g/mol. The van der Waals surface area contributed by atoms with Gasteiger partial charge in [0.15, 0.2) is 11.5 Å². The third-order valence-electron chi connectivity index (χ3n) is 2.29. The van der Waals surface area contributed by atoms with Crippen molar-refractivity contribution in [3.8, 4) is 11.5 Å². The van der Waals surface area contributed by atoms with E-state index >= 15 is 0 Å². The van der Waals surface area contributed by atoms with E-state index in [0.29, 0.717) is 27.1 Å². The smallest absolute Gasteiger partial charge is 0.167 e. The van der Waals surface area contributed by atoms with Crippen molar-refractivity contribution in [2.75, 3.05) is 0 Å². The lowest BCUT2D eigenvalue weighted by atomic mass is 10.1. The topological polar surface area (TPSA) is 39.2 Å². The first-order valence-electron chi connectivity index (χ1n) is 5.16. The molecule has 18 heavy (non-hydrogen) atoms. The molecule has 1 aromatic heterocycles. The lowest BCUT2D eigenvalue weighted by Crippen LogP contribution is -1.92. The van der Waals surface area contributed by atoms with Crippen molar-refractivity contribution >= 4 is 29.0 Å². The second-order valence-electron chi connectivity index (χ2n) is 3.61. The van der Waals surface area contributed by atoms with Gasteiger partial charge in [-0.15, -0.1) is 0 Å². The molecule has 0 radical (unpaired) electrons. The summed E-state index contributed by atoms with van der Waals surface area (Å²) in [7, 11) is 0. The number of hydrogen-bond acceptors (Lipinski definition) is 3. The maximum atomic E-state index is 11.1. The maximum Gasteiger partial charge on any atom is 0.167 e. The predicted octanol–water partition coefficient (Wildman–Crippen LogP) is 4.38. The number of halogens is 2. The highest BCUT2D eigenvalue weighted by Gasteiger charge is 2.09. The highest BCUT2D eigenvalue weighted by atomic mass is 35.5. The van der Waals surface area contributed by atoms with Gasteiger partial charge in [-0.05, 0) is 31.2 Å². The fourth-order valence-electron chi connectivity index (χ4n) is 1.37. The molecule has 2 rings (SSSR count). The van der Waals surface area contributed by atoms with Gasteiger partial charge in [-0.2, -0.15) is 0 Å². The van der Waals surface area contributed by atoms with Crippen LogP contribution in [0, 0.1) is 0 Å². The monoisotopic (exact) mass is 281 g/mol. The minimum atomic E-state index is 0.00141. The predicted molar refractivity (Wildman–Crippen MR) is 70.8 cm³/mol. The normalized spacial score (nSPS) is 10.2. The van der Waals surface area contributed by atoms with E-state index in [-0.39, 0.29) is 5.78 Å². The quantitative estimate of drug-likeness (QED) is 0.784. The van der Waals surface area contributed by atoms with Crippen molar-refractivity contribution in [3.05, 3.63) is 52.3 Å². The zero-order valence-corrected chi connectivity index (χ0v) is 11.0. The lowest BCUT2D eigenvalue weighted by molar-refractivity contribution is 0.101. The third kappa shape index (κ3) is 2.81. The van der Waals surface area contributed by atoms with Crippen LogP contribution in [0.3, 0.4) is 0 Å². The van der Waals surface area contributed by atoms with Crippen LogP contribution >= 0.6 is 23.2 Å². The van der Waals surface area contributed by atoms with Crippen molar-refractivity contribution in [2.45, 2.75) is 6.92 Å². The van der Waals surface area contributed by atoms with E-state index in [0.717, 1.165) is 0 Å². The van der Waals surface area contributed by atoms with Crippen LogP contribution in [0.15, 0.2) is 36.7 Å². The molecular formula is C13H9Cl2NO2. The summed E-state index contributed by atoms with van der Waals surface area (Å²) in [5, 5.41) is 0.663. The number of hydrogen-bond donors (Lipinski definition) is 0. The van der Waals surface area contributed by atoms with Crippen molar-refractivity contribution in [1.29, 1.82) is 0 Å². The van der Waals surface area contributed by atoms with Gasteiger partial charge < -0.3 is 4.74 Å². The van der Waals surface area contributed by atoms with Crippen molar-refractivity contribution in [1.82, 2.24) is 4.98 Å². The van der Waals surface area contributed by atoms with Gasteiger partial charge in [0.1, 0.15) is 15.8 Å². The number of ether oxygens (including phenoxy) is 1. The fourth-order valence-corrected chi connectivity index (χ4v) is 1.81. The first kappa shape index (κ1) is 12.9. The molecule has 5 heteroatoms. The van der Waals surface area contributed by atoms with Crippen molar-refractivity contribution < 1.29 is 9.53 Å². The molecule has 0 atom stereocenters. The molecule has 3 nitrogen and oxygen atoms in total. The Morgan fingerprint density at radius 3 is 2.17 bits per heavy atom. The number of aromatic nitrogens is 1. The highest BCUT2D eigenvalue weighted by molar-refractivity contribution is 6.36. The van der Waals surface area contributed by atoms with Crippen LogP contribution in [0.25, 0.3) is 0 Å². The van der Waals surface area contributed by atoms with E-state index in [2.05, 4.69) is 4.98 Å². The first-order valence-corrected chi connectivity index (χ1v) is 5.91. The lowest BCUT2D eigenvalue weighted by Gasteiger charge is -2.08. The SMILES string of the molecule is CC(=O)c1ccc(Oc2c(Cl)cncc2Cl)cc1. The summed E-state index contributed by atoms with van der Waals surface area (Å²) in [6.07, 6.45) is 2.90. The van der Waals surface area contributed by atoms with Crippen molar-refractivity contribution in [3.63, 3.8) is 0 Å². The number of carbonyl (C=O) groups is 1. The number of carbonyl (C=O) groups excluding carboxylic acids is 1. The van der Waals surface area contributed by atoms with Gasteiger partial charge in [-0.1, -0.05) is 23.2 Å². The summed E-state index contributed by atoms with van der Waals surface area (Å²) in [5.41, 5.74) is 0.620. The van der Waals surface area contributed by atoms with E-state index < -0.39 is 0 Å². The Hall–Kier alpha value is -1.58. The Morgan fingerprint density at radius 2 is 1.67 bits per heavy atom. The van der Waals surface area contributed by atoms with E-state index in [4.69, 9.17) is 27.9 Å². The Balaban J connectivity index is 2.26. The van der Waals surface area contributed by atoms with Gasteiger partial charge in [0, 0.05) is 18.0 Å². The summed E-state index contributed by atoms with van der Waals surface area (Å²) >= 11 is 11.9. The fraction of sp³-hybridized carbons (Fsp3) is 0.0769. The number of ketones is 1. The van der Waals surface area contributed by atoms with E-state index in [9.17, 15) is 4.79 Å². The molecular weight excluding hydrogens is 273 g/mol. The summed E-state index contributed by atoms with van der Waals surface area (Å²) in [4.78, 5) is 15.0. The second-order valence-corrected chi connectivity index (χ2v) is 4.43. The summed E-state index contributed by atoms with van der Waals surface area (Å²) < 4.78 is 5.56. The van der Waals surface area contributed by atoms with Gasteiger partial charge in [-0.25, -0.2) is 0 Å². The number of rotatable bonds is 3. The molecule has 0 saturated carbocycles. The van der Waals surface area contributed by atoms with E-state index in [1.165, 1.54) is 19.3 Å². The molecule has 0 aliphatic carbocycles. The van der Waals surface area contributed by atoms with Crippen LogP contribution in [0.4, 0.5) is 0 Å². The number of pyridine rings is 1. The Kier molecular flexibility index (Phi) is 3.84. The molecule has 0 aliphatic heterocycles. The van der Waals surface area contributed by atoms with Crippen LogP contribution in [0.5, 0.6) is 11.5 Å². The average Bonchev–Trinajstić information content (AvgIpc) is 2.34. The molecule has 0 fully saturated rings. The Labute approximate surface area is 114 Å². The molecule has 0 aliphatic rings. The molecule has 0 N–H and O–H groups in total. The zero-order valence-electron chi connectivity index (χ0n) is 9.48. The Bertz CT molecular complexity index is 562. The zero-order chi connectivity index (χ0) is 13.1. The van der Waals surface area contributed by atoms with E-state index in [1.54, 1.807) is 24.3 Å². The third-order valence-corrected chi connectivity index (χ3v) is 2.83. The second kappa shape index (κ2) is 5.38. The van der Waals surface area contributed by atoms with Gasteiger partial charge in [0.05, 0.1) is 0 Å². The standard InChI is InChI=1S/C13H9Cl2NO2/c1-8(17)9-2-4-10(5-3-9)18-13-11(14)6-16-7-12(13)15/h2-7H,1H3. The summed E-state index contributed by atoms with van der Waals surface area (Å²) in [5.74, 6) is 0.903. The maximum absolute atomic E-state index is 11.1. The van der Waals surface area contributed by atoms with Crippen LogP contribution in [0.1, 0.15) is 17.3 Å². The number of benzene rings is 1. The van der Waals surface area contributed by atoms with E-state index in [1.807, 2.05) is 0 Å². The Morgan fingerprint density at radius 1 is 1.11 bits per heavy atom. The van der Waals surface area contributed by atoms with Crippen LogP contribution in [-0.2, 0) is 0 Å². The first-order chi connectivity index (χ1) is 8.58. The van der Waals surface area contributed by atoms with Gasteiger partial charge in [-0.3, -0.25) is 9.78 Å². The minimum Gasteiger partial charge on any atom is -0.454 e. The molecule has 0 unspecified atom stereocenters. The summed E-state index contributed by atoms with van der Waals surface area (Å²) in [6, 6.07) is 6.73. The molecule has 0 saturated heterocycles. The van der Waals surface area contributed by atoms with Crippen LogP contribution < -0.4 is 4.74 Å². The number of Topliss-reactive ketones (excluding diaryl/α,β-unsaturated/α-hetero) is 1. The number of nitrogens with zero attached hydrogens (tertiary/aromatic N) is 1. The molecule has 92 valence electrons. The highest BCUT2D eigenvalue weighted by Crippen LogP contribution is 2.35. The minimum absolute atomic E-state index is 0.00141. The van der Waals surface area contributed by atoms with Crippen LogP contribution in [-0.4, -0.2) is 10.8 Å². The largest absolute Gasteiger partial charge is 0.454 e. The molecule has 1 aromatic carbocycles. The summed E-state index contributed by atoms with van der Waals surface area (Å²) in [6.45, 7) is 1.51. The molecule has 2 aromatic rings. The van der Waals surface area contributed by atoms with Gasteiger partial charge in [0.2, 0.25) is 0 Å². The van der Waals surface area contributed by atoms with Gasteiger partial charge in [0.25, 0.3) is 0 Å². The molecule has 0 bridgehead atoms. The van der Waals surface area contributed by atoms with Gasteiger partial charge >= 0.3 is 0 Å².